The predicted octanol–water partition coefficient (Wildman–Crippen LogP) is 0.950. The monoisotopic (exact) mass is 308 g/mol. The molecule has 3 rings (SSSR count). The van der Waals surface area contributed by atoms with E-state index in [0.717, 1.165) is 12.8 Å². The largest absolute Gasteiger partial charge is 0.391 e. The summed E-state index contributed by atoms with van der Waals surface area (Å²) >= 11 is 1.55. The Hall–Kier alpha value is -1.40. The van der Waals surface area contributed by atoms with E-state index < -0.39 is 6.10 Å². The number of nitrogens with zero attached hydrogens (tertiary/aromatic N) is 1. The van der Waals surface area contributed by atoms with Gasteiger partial charge in [0, 0.05) is 18.0 Å². The fourth-order valence-corrected chi connectivity index (χ4v) is 4.10. The zero-order valence-electron chi connectivity index (χ0n) is 11.9. The van der Waals surface area contributed by atoms with Crippen LogP contribution in [0.4, 0.5) is 0 Å². The van der Waals surface area contributed by atoms with Gasteiger partial charge in [0.2, 0.25) is 5.91 Å². The molecule has 6 heteroatoms. The van der Waals surface area contributed by atoms with Crippen LogP contribution in [0.3, 0.4) is 0 Å². The molecular formula is C15H20N2O3S. The molecule has 1 aromatic heterocycles. The summed E-state index contributed by atoms with van der Waals surface area (Å²) in [6.07, 6.45) is 4.72. The van der Waals surface area contributed by atoms with Crippen LogP contribution in [0.5, 0.6) is 0 Å². The maximum atomic E-state index is 12.1. The highest BCUT2D eigenvalue weighted by atomic mass is 32.1. The van der Waals surface area contributed by atoms with Crippen LogP contribution in [0.1, 0.15) is 39.4 Å². The van der Waals surface area contributed by atoms with Crippen LogP contribution < -0.4 is 5.32 Å². The van der Waals surface area contributed by atoms with Crippen LogP contribution in [-0.2, 0) is 17.6 Å². The molecule has 0 spiro atoms. The molecule has 2 N–H and O–H groups in total. The molecule has 0 bridgehead atoms. The molecule has 1 saturated heterocycles. The number of nitrogens with one attached hydrogen (secondary N) is 1. The fourth-order valence-electron chi connectivity index (χ4n) is 2.93. The summed E-state index contributed by atoms with van der Waals surface area (Å²) in [6.45, 7) is 0.958. The summed E-state index contributed by atoms with van der Waals surface area (Å²) in [5.41, 5.74) is 1.30. The summed E-state index contributed by atoms with van der Waals surface area (Å²) in [5.74, 6) is -0.288. The minimum atomic E-state index is -0.423. The molecule has 5 nitrogen and oxygen atoms in total. The predicted molar refractivity (Wildman–Crippen MR) is 80.5 cm³/mol. The second-order valence-electron chi connectivity index (χ2n) is 5.73. The average molecular weight is 308 g/mol. The van der Waals surface area contributed by atoms with Crippen molar-refractivity contribution in [1.82, 2.24) is 10.2 Å². The van der Waals surface area contributed by atoms with Gasteiger partial charge in [-0.3, -0.25) is 9.59 Å². The van der Waals surface area contributed by atoms with Gasteiger partial charge in [0.15, 0.2) is 0 Å². The topological polar surface area (TPSA) is 69.6 Å². The minimum Gasteiger partial charge on any atom is -0.391 e. The number of carbonyl (C=O) groups is 2. The number of aryl methyl sites for hydroxylation is 2. The number of carbonyl (C=O) groups excluding carboxylic acids is 2. The number of likely N-dealkylation sites (tertiary alicyclic amines) is 1. The Bertz CT molecular complexity index is 532. The zero-order valence-corrected chi connectivity index (χ0v) is 12.7. The molecule has 1 atom stereocenters. The SMILES string of the molecule is O=C(NCC(=O)N1CC[C@H](O)C1)c1cc2c(s1)CCCC2. The van der Waals surface area contributed by atoms with Gasteiger partial charge in [-0.2, -0.15) is 0 Å². The lowest BCUT2D eigenvalue weighted by Gasteiger charge is -2.15. The highest BCUT2D eigenvalue weighted by Crippen LogP contribution is 2.29. The van der Waals surface area contributed by atoms with E-state index in [1.165, 1.54) is 23.3 Å². The molecule has 1 fully saturated rings. The molecule has 1 aliphatic carbocycles. The summed E-state index contributed by atoms with van der Waals surface area (Å²) in [4.78, 5) is 27.7. The summed E-state index contributed by atoms with van der Waals surface area (Å²) in [7, 11) is 0. The van der Waals surface area contributed by atoms with Gasteiger partial charge < -0.3 is 15.3 Å². The Kier molecular flexibility index (Phi) is 4.26. The van der Waals surface area contributed by atoms with Crippen molar-refractivity contribution >= 4 is 23.2 Å². The van der Waals surface area contributed by atoms with Crippen LogP contribution >= 0.6 is 11.3 Å². The van der Waals surface area contributed by atoms with Gasteiger partial charge >= 0.3 is 0 Å². The lowest BCUT2D eigenvalue weighted by Crippen LogP contribution is -2.39. The van der Waals surface area contributed by atoms with Gasteiger partial charge in [-0.1, -0.05) is 0 Å². The number of amides is 2. The van der Waals surface area contributed by atoms with Crippen molar-refractivity contribution in [2.75, 3.05) is 19.6 Å². The van der Waals surface area contributed by atoms with Crippen molar-refractivity contribution in [3.8, 4) is 0 Å². The van der Waals surface area contributed by atoms with Crippen LogP contribution in [0, 0.1) is 0 Å². The van der Waals surface area contributed by atoms with E-state index in [9.17, 15) is 14.7 Å². The van der Waals surface area contributed by atoms with Crippen LogP contribution in [0.2, 0.25) is 0 Å². The van der Waals surface area contributed by atoms with Crippen LogP contribution in [0.25, 0.3) is 0 Å². The van der Waals surface area contributed by atoms with E-state index in [1.807, 2.05) is 6.07 Å². The van der Waals surface area contributed by atoms with Gasteiger partial charge in [0.05, 0.1) is 17.5 Å². The van der Waals surface area contributed by atoms with E-state index >= 15 is 0 Å². The Morgan fingerprint density at radius 2 is 2.19 bits per heavy atom. The number of fused-ring (bicyclic) bond motifs is 1. The standard InChI is InChI=1S/C15H20N2O3S/c18-11-5-6-17(9-11)14(19)8-16-15(20)13-7-10-3-1-2-4-12(10)21-13/h7,11,18H,1-6,8-9H2,(H,16,20)/t11-/m0/s1. The lowest BCUT2D eigenvalue weighted by molar-refractivity contribution is -0.129. The molecule has 0 saturated carbocycles. The third-order valence-electron chi connectivity index (χ3n) is 4.14. The van der Waals surface area contributed by atoms with Crippen molar-refractivity contribution in [1.29, 1.82) is 0 Å². The number of aliphatic hydroxyl groups excluding tert-OH is 1. The van der Waals surface area contributed by atoms with Gasteiger partial charge in [-0.05, 0) is 43.7 Å². The number of thiophene rings is 1. The molecule has 2 heterocycles. The van der Waals surface area contributed by atoms with E-state index in [1.54, 1.807) is 16.2 Å². The van der Waals surface area contributed by atoms with Crippen LogP contribution in [-0.4, -0.2) is 47.6 Å². The van der Waals surface area contributed by atoms with Crippen LogP contribution in [0.15, 0.2) is 6.07 Å². The van der Waals surface area contributed by atoms with E-state index in [0.29, 0.717) is 24.4 Å². The first kappa shape index (κ1) is 14.5. The van der Waals surface area contributed by atoms with E-state index in [-0.39, 0.29) is 18.4 Å². The normalized spacial score (nSPS) is 21.2. The zero-order chi connectivity index (χ0) is 14.8. The highest BCUT2D eigenvalue weighted by Gasteiger charge is 2.25. The van der Waals surface area contributed by atoms with Gasteiger partial charge in [-0.15, -0.1) is 11.3 Å². The van der Waals surface area contributed by atoms with Crippen molar-refractivity contribution in [2.24, 2.45) is 0 Å². The maximum absolute atomic E-state index is 12.1. The average Bonchev–Trinajstić information content (AvgIpc) is 3.10. The van der Waals surface area contributed by atoms with Gasteiger partial charge in [0.1, 0.15) is 0 Å². The van der Waals surface area contributed by atoms with Gasteiger partial charge in [-0.25, -0.2) is 0 Å². The number of aliphatic hydroxyl groups is 1. The summed E-state index contributed by atoms with van der Waals surface area (Å²) in [5, 5.41) is 12.1. The van der Waals surface area contributed by atoms with Crippen molar-refractivity contribution in [3.05, 3.63) is 21.4 Å². The Morgan fingerprint density at radius 3 is 2.90 bits per heavy atom. The fraction of sp³-hybridized carbons (Fsp3) is 0.600. The maximum Gasteiger partial charge on any atom is 0.261 e. The second kappa shape index (κ2) is 6.15. The number of hydrogen-bond acceptors (Lipinski definition) is 4. The molecular weight excluding hydrogens is 288 g/mol. The number of hydrogen-bond donors (Lipinski definition) is 2. The molecule has 0 aromatic carbocycles. The molecule has 2 aliphatic rings. The lowest BCUT2D eigenvalue weighted by atomic mass is 9.99. The molecule has 2 amide bonds. The number of rotatable bonds is 3. The van der Waals surface area contributed by atoms with Crippen molar-refractivity contribution in [2.45, 2.75) is 38.2 Å². The van der Waals surface area contributed by atoms with E-state index in [2.05, 4.69) is 5.32 Å². The quantitative estimate of drug-likeness (QED) is 0.873. The highest BCUT2D eigenvalue weighted by molar-refractivity contribution is 7.14. The van der Waals surface area contributed by atoms with Crippen molar-refractivity contribution in [3.63, 3.8) is 0 Å². The molecule has 0 radical (unpaired) electrons. The summed E-state index contributed by atoms with van der Waals surface area (Å²) < 4.78 is 0. The number of β-amino-alcohol motifs (C(OH)–C–C–N with tert-alkyl or cyclic N) is 1. The first-order valence-electron chi connectivity index (χ1n) is 7.49. The smallest absolute Gasteiger partial charge is 0.261 e. The molecule has 0 unspecified atom stereocenters. The van der Waals surface area contributed by atoms with Gasteiger partial charge in [0.25, 0.3) is 5.91 Å². The third kappa shape index (κ3) is 3.27. The molecule has 21 heavy (non-hydrogen) atoms. The minimum absolute atomic E-state index is 0.00806. The summed E-state index contributed by atoms with van der Waals surface area (Å²) in [6, 6.07) is 1.97. The Morgan fingerprint density at radius 1 is 1.38 bits per heavy atom. The molecule has 1 aliphatic heterocycles. The Balaban J connectivity index is 1.54. The first-order valence-corrected chi connectivity index (χ1v) is 8.31. The first-order chi connectivity index (χ1) is 10.1. The second-order valence-corrected chi connectivity index (χ2v) is 6.87. The van der Waals surface area contributed by atoms with E-state index in [4.69, 9.17) is 0 Å². The molecule has 114 valence electrons. The van der Waals surface area contributed by atoms with Crippen molar-refractivity contribution < 1.29 is 14.7 Å². The Labute approximate surface area is 128 Å². The third-order valence-corrected chi connectivity index (χ3v) is 5.37. The molecule has 1 aromatic rings.